The maximum atomic E-state index is 13.0. The van der Waals surface area contributed by atoms with Gasteiger partial charge in [-0.3, -0.25) is 0 Å². The standard InChI is InChI=1S/C19H14FN3OS/c1-23-16-4-2-3-5-18(16)25-19(23)22-21-12-15-10-11-17(24-15)13-6-8-14(20)9-7-13/h2-12H,1H3. The van der Waals surface area contributed by atoms with Crippen molar-refractivity contribution in [3.63, 3.8) is 0 Å². The van der Waals surface area contributed by atoms with Crippen molar-refractivity contribution in [2.24, 2.45) is 17.3 Å². The molecule has 0 aliphatic heterocycles. The Labute approximate surface area is 147 Å². The van der Waals surface area contributed by atoms with Crippen LogP contribution in [0.1, 0.15) is 5.76 Å². The SMILES string of the molecule is Cn1c(=NN=Cc2ccc(-c3ccc(F)cc3)o2)sc2ccccc21. The average molecular weight is 351 g/mol. The van der Waals surface area contributed by atoms with Gasteiger partial charge in [0, 0.05) is 12.6 Å². The topological polar surface area (TPSA) is 42.8 Å². The maximum Gasteiger partial charge on any atom is 0.211 e. The van der Waals surface area contributed by atoms with E-state index in [9.17, 15) is 4.39 Å². The van der Waals surface area contributed by atoms with Crippen molar-refractivity contribution >= 4 is 27.8 Å². The molecule has 0 bridgehead atoms. The molecule has 0 aliphatic carbocycles. The van der Waals surface area contributed by atoms with Crippen LogP contribution in [0.3, 0.4) is 0 Å². The maximum absolute atomic E-state index is 13.0. The number of rotatable bonds is 3. The Morgan fingerprint density at radius 3 is 2.64 bits per heavy atom. The molecule has 0 saturated carbocycles. The summed E-state index contributed by atoms with van der Waals surface area (Å²) >= 11 is 1.58. The molecule has 0 amide bonds. The molecular formula is C19H14FN3OS. The molecule has 0 atom stereocenters. The first kappa shape index (κ1) is 15.5. The molecule has 0 spiro atoms. The lowest BCUT2D eigenvalue weighted by molar-refractivity contribution is 0.574. The van der Waals surface area contributed by atoms with E-state index in [-0.39, 0.29) is 5.82 Å². The highest BCUT2D eigenvalue weighted by molar-refractivity contribution is 7.16. The summed E-state index contributed by atoms with van der Waals surface area (Å²) in [6, 6.07) is 17.9. The number of furan rings is 1. The van der Waals surface area contributed by atoms with Crippen LogP contribution in [0.5, 0.6) is 0 Å². The van der Waals surface area contributed by atoms with Gasteiger partial charge in [-0.25, -0.2) is 4.39 Å². The molecule has 0 aliphatic rings. The number of thiazole rings is 1. The summed E-state index contributed by atoms with van der Waals surface area (Å²) in [5.74, 6) is 0.979. The van der Waals surface area contributed by atoms with Gasteiger partial charge >= 0.3 is 0 Å². The zero-order valence-corrected chi connectivity index (χ0v) is 14.2. The number of hydrogen-bond acceptors (Lipinski definition) is 4. The zero-order chi connectivity index (χ0) is 17.2. The Kier molecular flexibility index (Phi) is 4.03. The van der Waals surface area contributed by atoms with Crippen molar-refractivity contribution in [3.8, 4) is 11.3 Å². The highest BCUT2D eigenvalue weighted by Crippen LogP contribution is 2.21. The number of benzene rings is 2. The van der Waals surface area contributed by atoms with E-state index in [0.29, 0.717) is 11.5 Å². The van der Waals surface area contributed by atoms with Gasteiger partial charge in [-0.2, -0.15) is 5.10 Å². The number of fused-ring (bicyclic) bond motifs is 1. The van der Waals surface area contributed by atoms with E-state index in [2.05, 4.69) is 22.3 Å². The van der Waals surface area contributed by atoms with E-state index in [1.807, 2.05) is 35.9 Å². The minimum atomic E-state index is -0.271. The van der Waals surface area contributed by atoms with E-state index >= 15 is 0 Å². The predicted molar refractivity (Wildman–Crippen MR) is 98.1 cm³/mol. The summed E-state index contributed by atoms with van der Waals surface area (Å²) < 4.78 is 21.8. The third kappa shape index (κ3) is 3.16. The van der Waals surface area contributed by atoms with E-state index in [1.165, 1.54) is 12.1 Å². The summed E-state index contributed by atoms with van der Waals surface area (Å²) in [6.07, 6.45) is 1.57. The molecule has 0 fully saturated rings. The van der Waals surface area contributed by atoms with Crippen LogP contribution in [0.25, 0.3) is 21.5 Å². The number of halogens is 1. The molecule has 25 heavy (non-hydrogen) atoms. The molecule has 4 rings (SSSR count). The zero-order valence-electron chi connectivity index (χ0n) is 13.4. The van der Waals surface area contributed by atoms with Gasteiger partial charge in [-0.15, -0.1) is 5.10 Å². The number of aromatic nitrogens is 1. The van der Waals surface area contributed by atoms with Gasteiger partial charge in [-0.1, -0.05) is 23.5 Å². The Morgan fingerprint density at radius 2 is 1.84 bits per heavy atom. The molecule has 6 heteroatoms. The van der Waals surface area contributed by atoms with E-state index in [4.69, 9.17) is 4.42 Å². The molecule has 2 heterocycles. The highest BCUT2D eigenvalue weighted by atomic mass is 32.1. The molecule has 0 N–H and O–H groups in total. The second kappa shape index (κ2) is 6.49. The van der Waals surface area contributed by atoms with Gasteiger partial charge in [0.2, 0.25) is 4.80 Å². The van der Waals surface area contributed by atoms with Crippen LogP contribution < -0.4 is 4.80 Å². The molecule has 2 aromatic carbocycles. The fraction of sp³-hybridized carbons (Fsp3) is 0.0526. The van der Waals surface area contributed by atoms with Gasteiger partial charge in [0.25, 0.3) is 0 Å². The smallest absolute Gasteiger partial charge is 0.211 e. The average Bonchev–Trinajstić information content (AvgIpc) is 3.22. The highest BCUT2D eigenvalue weighted by Gasteiger charge is 2.04. The third-order valence-corrected chi connectivity index (χ3v) is 4.90. The van der Waals surface area contributed by atoms with Crippen molar-refractivity contribution in [1.29, 1.82) is 0 Å². The van der Waals surface area contributed by atoms with Gasteiger partial charge < -0.3 is 8.98 Å². The molecule has 4 nitrogen and oxygen atoms in total. The first-order valence-electron chi connectivity index (χ1n) is 7.68. The minimum absolute atomic E-state index is 0.271. The second-order valence-corrected chi connectivity index (χ2v) is 6.47. The normalized spacial score (nSPS) is 12.5. The van der Waals surface area contributed by atoms with Crippen LogP contribution in [0.2, 0.25) is 0 Å². The Bertz CT molecular complexity index is 1120. The number of aryl methyl sites for hydroxylation is 1. The van der Waals surface area contributed by atoms with Gasteiger partial charge in [0.1, 0.15) is 17.3 Å². The van der Waals surface area contributed by atoms with E-state index < -0.39 is 0 Å². The van der Waals surface area contributed by atoms with Crippen molar-refractivity contribution < 1.29 is 8.81 Å². The molecule has 2 aromatic heterocycles. The number of para-hydroxylation sites is 1. The van der Waals surface area contributed by atoms with Crippen molar-refractivity contribution in [2.45, 2.75) is 0 Å². The Hall–Kier alpha value is -2.99. The van der Waals surface area contributed by atoms with Gasteiger partial charge in [0.15, 0.2) is 0 Å². The van der Waals surface area contributed by atoms with Gasteiger partial charge in [0.05, 0.1) is 16.4 Å². The minimum Gasteiger partial charge on any atom is -0.455 e. The molecule has 0 radical (unpaired) electrons. The van der Waals surface area contributed by atoms with Crippen molar-refractivity contribution in [3.05, 3.63) is 77.0 Å². The van der Waals surface area contributed by atoms with E-state index in [0.717, 1.165) is 20.6 Å². The third-order valence-electron chi connectivity index (χ3n) is 3.80. The van der Waals surface area contributed by atoms with Crippen molar-refractivity contribution in [2.75, 3.05) is 0 Å². The van der Waals surface area contributed by atoms with Crippen molar-refractivity contribution in [1.82, 2.24) is 4.57 Å². The monoisotopic (exact) mass is 351 g/mol. The van der Waals surface area contributed by atoms with Crippen LogP contribution in [-0.2, 0) is 7.05 Å². The molecule has 4 aromatic rings. The fourth-order valence-electron chi connectivity index (χ4n) is 2.50. The lowest BCUT2D eigenvalue weighted by atomic mass is 10.2. The Balaban J connectivity index is 1.59. The molecule has 124 valence electrons. The summed E-state index contributed by atoms with van der Waals surface area (Å²) in [5, 5.41) is 8.40. The molecule has 0 saturated heterocycles. The fourth-order valence-corrected chi connectivity index (χ4v) is 3.48. The van der Waals surface area contributed by atoms with Crippen LogP contribution in [-0.4, -0.2) is 10.8 Å². The summed E-state index contributed by atoms with van der Waals surface area (Å²) in [5.41, 5.74) is 1.94. The lowest BCUT2D eigenvalue weighted by Crippen LogP contribution is -2.08. The summed E-state index contributed by atoms with van der Waals surface area (Å²) in [4.78, 5) is 0.808. The van der Waals surface area contributed by atoms with Crippen LogP contribution in [0.15, 0.2) is 75.3 Å². The lowest BCUT2D eigenvalue weighted by Gasteiger charge is -1.95. The van der Waals surface area contributed by atoms with E-state index in [1.54, 1.807) is 29.7 Å². The number of nitrogens with zero attached hydrogens (tertiary/aromatic N) is 3. The predicted octanol–water partition coefficient (Wildman–Crippen LogP) is 4.57. The summed E-state index contributed by atoms with van der Waals surface area (Å²) in [6.45, 7) is 0. The largest absolute Gasteiger partial charge is 0.455 e. The quantitative estimate of drug-likeness (QED) is 0.394. The van der Waals surface area contributed by atoms with Crippen LogP contribution in [0, 0.1) is 5.82 Å². The first-order valence-corrected chi connectivity index (χ1v) is 8.50. The van der Waals surface area contributed by atoms with Crippen LogP contribution in [0.4, 0.5) is 4.39 Å². The molecular weight excluding hydrogens is 337 g/mol. The van der Waals surface area contributed by atoms with Gasteiger partial charge in [-0.05, 0) is 48.5 Å². The number of hydrogen-bond donors (Lipinski definition) is 0. The molecule has 0 unspecified atom stereocenters. The Morgan fingerprint density at radius 1 is 1.04 bits per heavy atom. The second-order valence-electron chi connectivity index (χ2n) is 5.46. The first-order chi connectivity index (χ1) is 12.2. The van der Waals surface area contributed by atoms with Crippen LogP contribution >= 0.6 is 11.3 Å². The summed E-state index contributed by atoms with van der Waals surface area (Å²) in [7, 11) is 1.96.